The van der Waals surface area contributed by atoms with Crippen molar-refractivity contribution < 1.29 is 4.79 Å². The molecule has 2 rings (SSSR count). The molecular formula is C12H25Cl2N3O. The third kappa shape index (κ3) is 5.31. The average molecular weight is 298 g/mol. The van der Waals surface area contributed by atoms with Gasteiger partial charge in [0.25, 0.3) is 0 Å². The van der Waals surface area contributed by atoms with Crippen molar-refractivity contribution in [2.45, 2.75) is 31.7 Å². The van der Waals surface area contributed by atoms with Crippen LogP contribution in [0.2, 0.25) is 0 Å². The van der Waals surface area contributed by atoms with E-state index in [0.29, 0.717) is 6.04 Å². The third-order valence-electron chi connectivity index (χ3n) is 3.73. The number of rotatable bonds is 2. The average Bonchev–Trinajstić information content (AvgIpc) is 2.31. The number of amides is 1. The van der Waals surface area contributed by atoms with E-state index in [1.807, 2.05) is 0 Å². The summed E-state index contributed by atoms with van der Waals surface area (Å²) >= 11 is 0. The number of hydrogen-bond acceptors (Lipinski definition) is 3. The summed E-state index contributed by atoms with van der Waals surface area (Å²) in [5.74, 6) is 0.528. The predicted octanol–water partition coefficient (Wildman–Crippen LogP) is 1.04. The van der Waals surface area contributed by atoms with Gasteiger partial charge in [-0.25, -0.2) is 0 Å². The van der Waals surface area contributed by atoms with Crippen molar-refractivity contribution in [3.63, 3.8) is 0 Å². The molecule has 1 amide bonds. The summed E-state index contributed by atoms with van der Waals surface area (Å²) in [7, 11) is 2.12. The van der Waals surface area contributed by atoms with Crippen molar-refractivity contribution >= 4 is 30.7 Å². The molecule has 1 atom stereocenters. The largest absolute Gasteiger partial charge is 0.352 e. The number of hydrogen-bond donors (Lipinski definition) is 2. The molecule has 0 saturated carbocycles. The van der Waals surface area contributed by atoms with Crippen LogP contribution in [0.15, 0.2) is 0 Å². The minimum absolute atomic E-state index is 0. The molecule has 108 valence electrons. The summed E-state index contributed by atoms with van der Waals surface area (Å²) in [4.78, 5) is 14.3. The number of carbonyl (C=O) groups excluding carboxylic acids is 1. The van der Waals surface area contributed by atoms with Crippen molar-refractivity contribution in [1.82, 2.24) is 15.5 Å². The number of likely N-dealkylation sites (tertiary alicyclic amines) is 1. The summed E-state index contributed by atoms with van der Waals surface area (Å²) in [5, 5.41) is 6.51. The maximum absolute atomic E-state index is 12.0. The Morgan fingerprint density at radius 3 is 2.44 bits per heavy atom. The molecule has 2 heterocycles. The number of piperidine rings is 2. The summed E-state index contributed by atoms with van der Waals surface area (Å²) in [6.45, 7) is 4.15. The van der Waals surface area contributed by atoms with Crippen LogP contribution in [-0.2, 0) is 4.79 Å². The normalized spacial score (nSPS) is 25.7. The standard InChI is InChI=1S/C12H23N3O.2ClH/c1-15-7-4-10(5-8-15)12(16)14-11-3-2-6-13-9-11;;/h10-11,13H,2-9H2,1H3,(H,14,16);2*1H/t11-;;/m0../s1. The number of carbonyl (C=O) groups is 1. The molecule has 0 bridgehead atoms. The van der Waals surface area contributed by atoms with Crippen LogP contribution in [-0.4, -0.2) is 50.1 Å². The van der Waals surface area contributed by atoms with Gasteiger partial charge in [0.1, 0.15) is 0 Å². The van der Waals surface area contributed by atoms with Gasteiger partial charge in [-0.05, 0) is 52.4 Å². The van der Waals surface area contributed by atoms with Crippen LogP contribution in [0.5, 0.6) is 0 Å². The molecule has 0 radical (unpaired) electrons. The Morgan fingerprint density at radius 2 is 1.89 bits per heavy atom. The first-order chi connectivity index (χ1) is 7.75. The lowest BCUT2D eigenvalue weighted by Gasteiger charge is -2.30. The fourth-order valence-corrected chi connectivity index (χ4v) is 2.56. The zero-order valence-electron chi connectivity index (χ0n) is 11.0. The third-order valence-corrected chi connectivity index (χ3v) is 3.73. The quantitative estimate of drug-likeness (QED) is 0.800. The highest BCUT2D eigenvalue weighted by Gasteiger charge is 2.25. The van der Waals surface area contributed by atoms with Crippen molar-refractivity contribution in [3.8, 4) is 0 Å². The molecule has 0 aromatic heterocycles. The molecule has 2 saturated heterocycles. The van der Waals surface area contributed by atoms with Gasteiger partial charge >= 0.3 is 0 Å². The van der Waals surface area contributed by atoms with Crippen molar-refractivity contribution in [1.29, 1.82) is 0 Å². The van der Waals surface area contributed by atoms with Crippen LogP contribution in [0.3, 0.4) is 0 Å². The number of nitrogens with one attached hydrogen (secondary N) is 2. The lowest BCUT2D eigenvalue weighted by molar-refractivity contribution is -0.127. The van der Waals surface area contributed by atoms with Gasteiger partial charge in [0.05, 0.1) is 0 Å². The van der Waals surface area contributed by atoms with Gasteiger partial charge in [-0.3, -0.25) is 4.79 Å². The Balaban J connectivity index is 0.00000144. The van der Waals surface area contributed by atoms with Crippen LogP contribution in [0.25, 0.3) is 0 Å². The molecule has 4 nitrogen and oxygen atoms in total. The highest BCUT2D eigenvalue weighted by molar-refractivity contribution is 5.85. The summed E-state index contributed by atoms with van der Waals surface area (Å²) in [5.41, 5.74) is 0. The molecule has 2 aliphatic heterocycles. The zero-order chi connectivity index (χ0) is 11.4. The first kappa shape index (κ1) is 18.0. The molecule has 6 heteroatoms. The van der Waals surface area contributed by atoms with Gasteiger partial charge in [0.15, 0.2) is 0 Å². The Hall–Kier alpha value is -0.0300. The Kier molecular flexibility index (Phi) is 8.95. The Morgan fingerprint density at radius 1 is 1.22 bits per heavy atom. The highest BCUT2D eigenvalue weighted by atomic mass is 35.5. The molecule has 0 aromatic carbocycles. The lowest BCUT2D eigenvalue weighted by atomic mass is 9.95. The fourth-order valence-electron chi connectivity index (χ4n) is 2.56. The van der Waals surface area contributed by atoms with E-state index in [-0.39, 0.29) is 36.6 Å². The van der Waals surface area contributed by atoms with E-state index < -0.39 is 0 Å². The second-order valence-corrected chi connectivity index (χ2v) is 5.13. The van der Waals surface area contributed by atoms with Crippen molar-refractivity contribution in [2.75, 3.05) is 33.2 Å². The molecule has 0 aromatic rings. The molecule has 0 unspecified atom stereocenters. The molecule has 2 fully saturated rings. The van der Waals surface area contributed by atoms with E-state index in [9.17, 15) is 4.79 Å². The fraction of sp³-hybridized carbons (Fsp3) is 0.917. The van der Waals surface area contributed by atoms with E-state index >= 15 is 0 Å². The van der Waals surface area contributed by atoms with Gasteiger partial charge in [-0.15, -0.1) is 24.8 Å². The van der Waals surface area contributed by atoms with E-state index in [1.165, 1.54) is 6.42 Å². The minimum Gasteiger partial charge on any atom is -0.352 e. The first-order valence-corrected chi connectivity index (χ1v) is 6.45. The van der Waals surface area contributed by atoms with Crippen molar-refractivity contribution in [3.05, 3.63) is 0 Å². The van der Waals surface area contributed by atoms with E-state index in [0.717, 1.165) is 45.4 Å². The van der Waals surface area contributed by atoms with E-state index in [2.05, 4.69) is 22.6 Å². The molecular weight excluding hydrogens is 273 g/mol. The second-order valence-electron chi connectivity index (χ2n) is 5.13. The van der Waals surface area contributed by atoms with Crippen LogP contribution in [0.4, 0.5) is 0 Å². The first-order valence-electron chi connectivity index (χ1n) is 6.45. The zero-order valence-corrected chi connectivity index (χ0v) is 12.6. The molecule has 2 aliphatic rings. The summed E-state index contributed by atoms with van der Waals surface area (Å²) in [6.07, 6.45) is 4.34. The number of halogens is 2. The molecule has 2 N–H and O–H groups in total. The molecule has 0 aliphatic carbocycles. The Bertz CT molecular complexity index is 239. The summed E-state index contributed by atoms with van der Waals surface area (Å²) < 4.78 is 0. The van der Waals surface area contributed by atoms with Crippen LogP contribution in [0.1, 0.15) is 25.7 Å². The SMILES string of the molecule is CN1CCC(C(=O)N[C@H]2CCCNC2)CC1.Cl.Cl. The van der Waals surface area contributed by atoms with Gasteiger partial charge < -0.3 is 15.5 Å². The van der Waals surface area contributed by atoms with Gasteiger partial charge in [0.2, 0.25) is 5.91 Å². The van der Waals surface area contributed by atoms with Gasteiger partial charge in [0, 0.05) is 18.5 Å². The van der Waals surface area contributed by atoms with Gasteiger partial charge in [-0.2, -0.15) is 0 Å². The Labute approximate surface area is 122 Å². The topological polar surface area (TPSA) is 44.4 Å². The smallest absolute Gasteiger partial charge is 0.223 e. The monoisotopic (exact) mass is 297 g/mol. The van der Waals surface area contributed by atoms with Crippen LogP contribution in [0, 0.1) is 5.92 Å². The molecule has 0 spiro atoms. The highest BCUT2D eigenvalue weighted by Crippen LogP contribution is 2.16. The van der Waals surface area contributed by atoms with Crippen LogP contribution < -0.4 is 10.6 Å². The van der Waals surface area contributed by atoms with Gasteiger partial charge in [-0.1, -0.05) is 0 Å². The van der Waals surface area contributed by atoms with Crippen LogP contribution >= 0.6 is 24.8 Å². The van der Waals surface area contributed by atoms with E-state index in [4.69, 9.17) is 0 Å². The predicted molar refractivity (Wildman–Crippen MR) is 78.8 cm³/mol. The second kappa shape index (κ2) is 8.97. The lowest BCUT2D eigenvalue weighted by Crippen LogP contribution is -2.48. The van der Waals surface area contributed by atoms with E-state index in [1.54, 1.807) is 0 Å². The maximum atomic E-state index is 12.0. The summed E-state index contributed by atoms with van der Waals surface area (Å²) in [6, 6.07) is 0.362. The molecule has 18 heavy (non-hydrogen) atoms. The number of nitrogens with zero attached hydrogens (tertiary/aromatic N) is 1. The maximum Gasteiger partial charge on any atom is 0.223 e. The minimum atomic E-state index is 0. The van der Waals surface area contributed by atoms with Crippen molar-refractivity contribution in [2.24, 2.45) is 5.92 Å².